The summed E-state index contributed by atoms with van der Waals surface area (Å²) in [5, 5.41) is 6.06. The zero-order valence-electron chi connectivity index (χ0n) is 15.9. The smallest absolute Gasteiger partial charge is 0.439 e. The van der Waals surface area contributed by atoms with Crippen LogP contribution in [0.15, 0.2) is 63.9 Å². The van der Waals surface area contributed by atoms with Crippen molar-refractivity contribution in [2.45, 2.75) is 25.8 Å². The van der Waals surface area contributed by atoms with Gasteiger partial charge in [-0.3, -0.25) is 19.1 Å². The van der Waals surface area contributed by atoms with Gasteiger partial charge in [-0.15, -0.1) is 0 Å². The number of carbonyl (C=O) groups is 2. The lowest BCUT2D eigenvalue weighted by atomic mass is 9.99. The average molecular weight is 395 g/mol. The molecule has 0 saturated carbocycles. The van der Waals surface area contributed by atoms with E-state index in [4.69, 9.17) is 4.74 Å². The number of H-pyrrole nitrogens is 1. The Morgan fingerprint density at radius 3 is 2.41 bits per heavy atom. The van der Waals surface area contributed by atoms with Crippen molar-refractivity contribution in [2.75, 3.05) is 6.61 Å². The molecule has 0 aliphatic rings. The first kappa shape index (κ1) is 20.1. The zero-order valence-corrected chi connectivity index (χ0v) is 15.9. The fourth-order valence-electron chi connectivity index (χ4n) is 2.93. The second kappa shape index (κ2) is 9.50. The van der Waals surface area contributed by atoms with Gasteiger partial charge >= 0.3 is 11.7 Å². The van der Waals surface area contributed by atoms with Gasteiger partial charge in [0.2, 0.25) is 5.82 Å². The number of amides is 1. The van der Waals surface area contributed by atoms with E-state index >= 15 is 0 Å². The summed E-state index contributed by atoms with van der Waals surface area (Å²) < 4.78 is 9.34. The van der Waals surface area contributed by atoms with Gasteiger partial charge in [-0.1, -0.05) is 54.6 Å². The summed E-state index contributed by atoms with van der Waals surface area (Å²) in [6.45, 7) is 1.97. The number of hydrogen-bond donors (Lipinski definition) is 2. The summed E-state index contributed by atoms with van der Waals surface area (Å²) in [5.41, 5.74) is 3.11. The number of aromatic amines is 1. The molecule has 0 fully saturated rings. The Kier molecular flexibility index (Phi) is 6.57. The fraction of sp³-hybridized carbons (Fsp3) is 0.238. The first-order valence-electron chi connectivity index (χ1n) is 9.22. The highest BCUT2D eigenvalue weighted by molar-refractivity contribution is 5.90. The molecule has 0 spiro atoms. The van der Waals surface area contributed by atoms with Gasteiger partial charge in [-0.05, 0) is 35.2 Å². The van der Waals surface area contributed by atoms with Crippen molar-refractivity contribution in [2.24, 2.45) is 0 Å². The van der Waals surface area contributed by atoms with Crippen molar-refractivity contribution in [1.29, 1.82) is 0 Å². The second-order valence-corrected chi connectivity index (χ2v) is 6.39. The van der Waals surface area contributed by atoms with Crippen LogP contribution in [0.1, 0.15) is 29.5 Å². The summed E-state index contributed by atoms with van der Waals surface area (Å²) >= 11 is 0. The van der Waals surface area contributed by atoms with Crippen molar-refractivity contribution in [3.63, 3.8) is 0 Å². The zero-order chi connectivity index (χ0) is 20.6. The number of esters is 1. The van der Waals surface area contributed by atoms with E-state index in [9.17, 15) is 14.4 Å². The van der Waals surface area contributed by atoms with Gasteiger partial charge in [0.15, 0.2) is 0 Å². The Morgan fingerprint density at radius 1 is 1.10 bits per heavy atom. The first-order chi connectivity index (χ1) is 14.0. The van der Waals surface area contributed by atoms with Crippen LogP contribution >= 0.6 is 0 Å². The SMILES string of the molecule is CCOC(=O)C[C@@H](Cc1ccc(-c2ccccc2)cc1)NC(=O)c1noc(=O)[nH]1. The van der Waals surface area contributed by atoms with Crippen molar-refractivity contribution >= 4 is 11.9 Å². The third-order valence-electron chi connectivity index (χ3n) is 4.25. The standard InChI is InChI=1S/C21H21N3O5/c1-2-28-18(25)13-17(22-20(26)19-23-21(27)29-24-19)12-14-8-10-16(11-9-14)15-6-4-3-5-7-15/h3-11,17H,2,12-13H2,1H3,(H,22,26)(H,23,24,27)/t17-/m1/s1. The lowest BCUT2D eigenvalue weighted by Gasteiger charge is -2.17. The van der Waals surface area contributed by atoms with Crippen LogP contribution in [0.3, 0.4) is 0 Å². The summed E-state index contributed by atoms with van der Waals surface area (Å²) in [6.07, 6.45) is 0.393. The number of nitrogens with one attached hydrogen (secondary N) is 2. The molecule has 2 aromatic carbocycles. The third-order valence-corrected chi connectivity index (χ3v) is 4.25. The molecule has 3 aromatic rings. The quantitative estimate of drug-likeness (QED) is 0.566. The minimum Gasteiger partial charge on any atom is -0.466 e. The number of ether oxygens (including phenoxy) is 1. The molecule has 8 nitrogen and oxygen atoms in total. The van der Waals surface area contributed by atoms with Crippen molar-refractivity contribution in [1.82, 2.24) is 15.5 Å². The van der Waals surface area contributed by atoms with Crippen LogP contribution in [0.5, 0.6) is 0 Å². The molecule has 1 amide bonds. The molecule has 0 saturated heterocycles. The maximum absolute atomic E-state index is 12.3. The Hall–Kier alpha value is -3.68. The number of benzene rings is 2. The Morgan fingerprint density at radius 2 is 1.79 bits per heavy atom. The molecule has 1 heterocycles. The van der Waals surface area contributed by atoms with Crippen LogP contribution in [-0.2, 0) is 16.0 Å². The molecule has 29 heavy (non-hydrogen) atoms. The molecule has 1 atom stereocenters. The van der Waals surface area contributed by atoms with Crippen LogP contribution < -0.4 is 11.1 Å². The third kappa shape index (κ3) is 5.65. The minimum absolute atomic E-state index is 0.0118. The van der Waals surface area contributed by atoms with Crippen molar-refractivity contribution in [3.05, 3.63) is 76.5 Å². The van der Waals surface area contributed by atoms with Gasteiger partial charge < -0.3 is 10.1 Å². The highest BCUT2D eigenvalue weighted by atomic mass is 16.5. The second-order valence-electron chi connectivity index (χ2n) is 6.39. The fourth-order valence-corrected chi connectivity index (χ4v) is 2.93. The number of rotatable bonds is 8. The van der Waals surface area contributed by atoms with E-state index < -0.39 is 23.7 Å². The van der Waals surface area contributed by atoms with Crippen LogP contribution in [-0.4, -0.2) is 34.7 Å². The maximum atomic E-state index is 12.3. The van der Waals surface area contributed by atoms with Gasteiger partial charge in [-0.2, -0.15) is 0 Å². The number of hydrogen-bond acceptors (Lipinski definition) is 6. The average Bonchev–Trinajstić information content (AvgIpc) is 3.16. The largest absolute Gasteiger partial charge is 0.466 e. The summed E-state index contributed by atoms with van der Waals surface area (Å²) in [5.74, 6) is -2.13. The molecule has 0 aliphatic heterocycles. The monoisotopic (exact) mass is 395 g/mol. The maximum Gasteiger partial charge on any atom is 0.439 e. The first-order valence-corrected chi connectivity index (χ1v) is 9.22. The highest BCUT2D eigenvalue weighted by Gasteiger charge is 2.21. The molecule has 0 unspecified atom stereocenters. The number of carbonyl (C=O) groups excluding carboxylic acids is 2. The molecule has 1 aromatic heterocycles. The lowest BCUT2D eigenvalue weighted by Crippen LogP contribution is -2.39. The van der Waals surface area contributed by atoms with Crippen molar-refractivity contribution < 1.29 is 18.8 Å². The van der Waals surface area contributed by atoms with Gasteiger partial charge in [-0.25, -0.2) is 4.79 Å². The number of aromatic nitrogens is 2. The Balaban J connectivity index is 1.72. The molecule has 0 aliphatic carbocycles. The van der Waals surface area contributed by atoms with E-state index in [2.05, 4.69) is 20.0 Å². The summed E-state index contributed by atoms with van der Waals surface area (Å²) in [6, 6.07) is 17.3. The van der Waals surface area contributed by atoms with Crippen LogP contribution in [0, 0.1) is 0 Å². The van der Waals surface area contributed by atoms with Crippen molar-refractivity contribution in [3.8, 4) is 11.1 Å². The van der Waals surface area contributed by atoms with Crippen LogP contribution in [0.2, 0.25) is 0 Å². The topological polar surface area (TPSA) is 114 Å². The van der Waals surface area contributed by atoms with E-state index in [0.717, 1.165) is 16.7 Å². The minimum atomic E-state index is -0.825. The molecule has 0 radical (unpaired) electrons. The van der Waals surface area contributed by atoms with Gasteiger partial charge in [0, 0.05) is 6.04 Å². The van der Waals surface area contributed by atoms with Crippen LogP contribution in [0.25, 0.3) is 11.1 Å². The normalized spacial score (nSPS) is 11.6. The molecule has 8 heteroatoms. The van der Waals surface area contributed by atoms with E-state index in [1.807, 2.05) is 54.6 Å². The van der Waals surface area contributed by atoms with E-state index in [-0.39, 0.29) is 18.9 Å². The summed E-state index contributed by atoms with van der Waals surface area (Å²) in [4.78, 5) is 37.5. The number of nitrogens with zero attached hydrogens (tertiary/aromatic N) is 1. The Bertz CT molecular complexity index is 1010. The van der Waals surface area contributed by atoms with Crippen LogP contribution in [0.4, 0.5) is 0 Å². The summed E-state index contributed by atoms with van der Waals surface area (Å²) in [7, 11) is 0. The van der Waals surface area contributed by atoms with E-state index in [0.29, 0.717) is 6.42 Å². The molecule has 2 N–H and O–H groups in total. The molecule has 3 rings (SSSR count). The lowest BCUT2D eigenvalue weighted by molar-refractivity contribution is -0.143. The molecule has 0 bridgehead atoms. The highest BCUT2D eigenvalue weighted by Crippen LogP contribution is 2.20. The molecular formula is C21H21N3O5. The predicted molar refractivity (Wildman–Crippen MR) is 105 cm³/mol. The van der Waals surface area contributed by atoms with Gasteiger partial charge in [0.1, 0.15) is 0 Å². The Labute approximate surface area is 166 Å². The van der Waals surface area contributed by atoms with Gasteiger partial charge in [0.25, 0.3) is 5.91 Å². The molecular weight excluding hydrogens is 374 g/mol. The van der Waals surface area contributed by atoms with E-state index in [1.54, 1.807) is 6.92 Å². The molecule has 150 valence electrons. The van der Waals surface area contributed by atoms with E-state index in [1.165, 1.54) is 0 Å². The van der Waals surface area contributed by atoms with Gasteiger partial charge in [0.05, 0.1) is 13.0 Å². The predicted octanol–water partition coefficient (Wildman–Crippen LogP) is 2.32.